The normalized spacial score (nSPS) is 14.3. The van der Waals surface area contributed by atoms with Gasteiger partial charge in [0, 0.05) is 31.2 Å². The molecule has 0 unspecified atom stereocenters. The van der Waals surface area contributed by atoms with Crippen LogP contribution in [0.1, 0.15) is 25.2 Å². The van der Waals surface area contributed by atoms with Gasteiger partial charge < -0.3 is 14.6 Å². The van der Waals surface area contributed by atoms with Gasteiger partial charge in [-0.1, -0.05) is 26.0 Å². The van der Waals surface area contributed by atoms with E-state index in [1.807, 2.05) is 38.1 Å². The van der Waals surface area contributed by atoms with E-state index in [1.54, 1.807) is 7.11 Å². The molecule has 2 heterocycles. The fourth-order valence-corrected chi connectivity index (χ4v) is 3.56. The lowest BCUT2D eigenvalue weighted by molar-refractivity contribution is -0.118. The first-order valence-electron chi connectivity index (χ1n) is 9.69. The quantitative estimate of drug-likeness (QED) is 0.736. The third-order valence-electron chi connectivity index (χ3n) is 5.19. The number of aromatic nitrogens is 2. The maximum atomic E-state index is 11.9. The minimum Gasteiger partial charge on any atom is -0.497 e. The number of ether oxygens (including phenoxy) is 1. The number of hydrogen-bond donors (Lipinski definition) is 1. The Bertz CT molecular complexity index is 992. The Hall–Kier alpha value is -2.86. The highest BCUT2D eigenvalue weighted by Crippen LogP contribution is 2.25. The van der Waals surface area contributed by atoms with E-state index in [4.69, 9.17) is 9.72 Å². The van der Waals surface area contributed by atoms with Crippen LogP contribution in [0.4, 0.5) is 5.69 Å². The average Bonchev–Trinajstić information content (AvgIpc) is 3.05. The van der Waals surface area contributed by atoms with Crippen molar-refractivity contribution in [3.05, 3.63) is 53.9 Å². The Labute approximate surface area is 165 Å². The standard InChI is InChI=1S/C22H26N4O2/c1-15(2)22(27)23-17-6-9-20-19(12-17)24-21-14-25(10-11-26(20)21)13-16-4-7-18(28-3)8-5-16/h4-9,12,15H,10-11,13-14H2,1-3H3,(H,23,27). The largest absolute Gasteiger partial charge is 0.497 e. The van der Waals surface area contributed by atoms with Gasteiger partial charge >= 0.3 is 0 Å². The van der Waals surface area contributed by atoms with Crippen LogP contribution in [0.3, 0.4) is 0 Å². The van der Waals surface area contributed by atoms with Crippen molar-refractivity contribution in [1.29, 1.82) is 0 Å². The zero-order chi connectivity index (χ0) is 19.7. The number of methoxy groups -OCH3 is 1. The van der Waals surface area contributed by atoms with E-state index in [-0.39, 0.29) is 11.8 Å². The van der Waals surface area contributed by atoms with Crippen molar-refractivity contribution in [3.63, 3.8) is 0 Å². The maximum absolute atomic E-state index is 11.9. The van der Waals surface area contributed by atoms with E-state index in [2.05, 4.69) is 33.0 Å². The van der Waals surface area contributed by atoms with E-state index in [1.165, 1.54) is 5.56 Å². The van der Waals surface area contributed by atoms with Crippen LogP contribution >= 0.6 is 0 Å². The first-order chi connectivity index (χ1) is 13.5. The predicted molar refractivity (Wildman–Crippen MR) is 110 cm³/mol. The van der Waals surface area contributed by atoms with Gasteiger partial charge in [0.1, 0.15) is 11.6 Å². The van der Waals surface area contributed by atoms with E-state index in [0.29, 0.717) is 0 Å². The summed E-state index contributed by atoms with van der Waals surface area (Å²) in [6, 6.07) is 14.2. The van der Waals surface area contributed by atoms with Crippen LogP contribution in [-0.2, 0) is 24.4 Å². The first kappa shape index (κ1) is 18.5. The number of hydrogen-bond acceptors (Lipinski definition) is 4. The molecule has 0 fully saturated rings. The Kier molecular flexibility index (Phi) is 5.05. The summed E-state index contributed by atoms with van der Waals surface area (Å²) in [5.41, 5.74) is 4.13. The minimum atomic E-state index is -0.0441. The van der Waals surface area contributed by atoms with Gasteiger partial charge in [0.2, 0.25) is 5.91 Å². The Morgan fingerprint density at radius 2 is 1.96 bits per heavy atom. The highest BCUT2D eigenvalue weighted by Gasteiger charge is 2.20. The van der Waals surface area contributed by atoms with E-state index in [9.17, 15) is 4.79 Å². The third kappa shape index (κ3) is 3.73. The van der Waals surface area contributed by atoms with Gasteiger partial charge in [-0.3, -0.25) is 9.69 Å². The molecule has 6 nitrogen and oxygen atoms in total. The van der Waals surface area contributed by atoms with Crippen molar-refractivity contribution in [1.82, 2.24) is 14.5 Å². The molecule has 0 bridgehead atoms. The maximum Gasteiger partial charge on any atom is 0.226 e. The molecule has 28 heavy (non-hydrogen) atoms. The second-order valence-electron chi connectivity index (χ2n) is 7.59. The molecule has 3 aromatic rings. The van der Waals surface area contributed by atoms with E-state index >= 15 is 0 Å². The summed E-state index contributed by atoms with van der Waals surface area (Å²) in [6.07, 6.45) is 0. The molecule has 0 radical (unpaired) electrons. The molecule has 0 spiro atoms. The number of imidazole rings is 1. The molecule has 1 amide bonds. The van der Waals surface area contributed by atoms with Crippen molar-refractivity contribution >= 4 is 22.6 Å². The topological polar surface area (TPSA) is 59.4 Å². The van der Waals surface area contributed by atoms with Crippen molar-refractivity contribution < 1.29 is 9.53 Å². The van der Waals surface area contributed by atoms with Gasteiger partial charge in [-0.25, -0.2) is 4.98 Å². The number of nitrogens with one attached hydrogen (secondary N) is 1. The smallest absolute Gasteiger partial charge is 0.226 e. The predicted octanol–water partition coefficient (Wildman–Crippen LogP) is 3.66. The van der Waals surface area contributed by atoms with Crippen molar-refractivity contribution in [2.24, 2.45) is 5.92 Å². The highest BCUT2D eigenvalue weighted by atomic mass is 16.5. The molecule has 1 aliphatic rings. The van der Waals surface area contributed by atoms with Crippen LogP contribution < -0.4 is 10.1 Å². The van der Waals surface area contributed by atoms with Crippen LogP contribution in [0.2, 0.25) is 0 Å². The zero-order valence-corrected chi connectivity index (χ0v) is 16.6. The zero-order valence-electron chi connectivity index (χ0n) is 16.6. The molecular weight excluding hydrogens is 352 g/mol. The lowest BCUT2D eigenvalue weighted by Crippen LogP contribution is -2.33. The molecule has 6 heteroatoms. The molecule has 146 valence electrons. The van der Waals surface area contributed by atoms with E-state index < -0.39 is 0 Å². The van der Waals surface area contributed by atoms with Gasteiger partial charge in [0.25, 0.3) is 0 Å². The van der Waals surface area contributed by atoms with Crippen LogP contribution in [0, 0.1) is 5.92 Å². The van der Waals surface area contributed by atoms with Gasteiger partial charge in [-0.05, 0) is 35.9 Å². The number of fused-ring (bicyclic) bond motifs is 3. The molecule has 2 aromatic carbocycles. The summed E-state index contributed by atoms with van der Waals surface area (Å²) >= 11 is 0. The van der Waals surface area contributed by atoms with Crippen LogP contribution in [0.5, 0.6) is 5.75 Å². The van der Waals surface area contributed by atoms with Crippen molar-refractivity contribution in [3.8, 4) is 5.75 Å². The number of carbonyl (C=O) groups excluding carboxylic acids is 1. The molecule has 0 saturated heterocycles. The number of anilines is 1. The second kappa shape index (κ2) is 7.64. The lowest BCUT2D eigenvalue weighted by atomic mass is 10.2. The molecule has 0 atom stereocenters. The number of rotatable bonds is 5. The molecule has 0 saturated carbocycles. The summed E-state index contributed by atoms with van der Waals surface area (Å²) in [5.74, 6) is 1.93. The number of nitrogens with zero attached hydrogens (tertiary/aromatic N) is 3. The van der Waals surface area contributed by atoms with Crippen LogP contribution in [-0.4, -0.2) is 34.0 Å². The summed E-state index contributed by atoms with van der Waals surface area (Å²) in [6.45, 7) is 7.38. The third-order valence-corrected chi connectivity index (χ3v) is 5.19. The van der Waals surface area contributed by atoms with Gasteiger partial charge in [0.15, 0.2) is 0 Å². The van der Waals surface area contributed by atoms with Crippen LogP contribution in [0.25, 0.3) is 11.0 Å². The average molecular weight is 378 g/mol. The van der Waals surface area contributed by atoms with Gasteiger partial charge in [-0.15, -0.1) is 0 Å². The fraction of sp³-hybridized carbons (Fsp3) is 0.364. The summed E-state index contributed by atoms with van der Waals surface area (Å²) in [5, 5.41) is 2.96. The second-order valence-corrected chi connectivity index (χ2v) is 7.59. The molecular formula is C22H26N4O2. The Morgan fingerprint density at radius 3 is 2.68 bits per heavy atom. The summed E-state index contributed by atoms with van der Waals surface area (Å²) in [4.78, 5) is 19.2. The SMILES string of the molecule is COc1ccc(CN2CCn3c(nc4cc(NC(=O)C(C)C)ccc43)C2)cc1. The van der Waals surface area contributed by atoms with Crippen molar-refractivity contribution in [2.75, 3.05) is 19.0 Å². The molecule has 0 aliphatic carbocycles. The lowest BCUT2D eigenvalue weighted by Gasteiger charge is -2.27. The van der Waals surface area contributed by atoms with E-state index in [0.717, 1.165) is 54.5 Å². The van der Waals surface area contributed by atoms with Crippen LogP contribution in [0.15, 0.2) is 42.5 Å². The number of amides is 1. The number of benzene rings is 2. The number of carbonyl (C=O) groups is 1. The van der Waals surface area contributed by atoms with Crippen molar-refractivity contribution in [2.45, 2.75) is 33.5 Å². The fourth-order valence-electron chi connectivity index (χ4n) is 3.56. The summed E-state index contributed by atoms with van der Waals surface area (Å²) in [7, 11) is 1.68. The molecule has 4 rings (SSSR count). The molecule has 1 aromatic heterocycles. The monoisotopic (exact) mass is 378 g/mol. The van der Waals surface area contributed by atoms with Gasteiger partial charge in [-0.2, -0.15) is 0 Å². The highest BCUT2D eigenvalue weighted by molar-refractivity contribution is 5.94. The minimum absolute atomic E-state index is 0.0222. The summed E-state index contributed by atoms with van der Waals surface area (Å²) < 4.78 is 7.52. The van der Waals surface area contributed by atoms with Gasteiger partial charge in [0.05, 0.1) is 24.7 Å². The first-order valence-corrected chi connectivity index (χ1v) is 9.69. The Balaban J connectivity index is 1.50. The Morgan fingerprint density at radius 1 is 1.18 bits per heavy atom. The molecule has 1 N–H and O–H groups in total. The molecule has 1 aliphatic heterocycles.